The van der Waals surface area contributed by atoms with Crippen molar-refractivity contribution >= 4 is 22.1 Å². The number of benzene rings is 1. The highest BCUT2D eigenvalue weighted by Crippen LogP contribution is 2.19. The van der Waals surface area contributed by atoms with Crippen LogP contribution in [0.25, 0.3) is 11.4 Å². The zero-order valence-corrected chi connectivity index (χ0v) is 12.5. The van der Waals surface area contributed by atoms with E-state index in [4.69, 9.17) is 17.5 Å². The van der Waals surface area contributed by atoms with E-state index in [9.17, 15) is 8.42 Å². The van der Waals surface area contributed by atoms with Crippen LogP contribution in [0.4, 0.5) is 0 Å². The number of nitriles is 1. The van der Waals surface area contributed by atoms with E-state index < -0.39 is 9.84 Å². The lowest BCUT2D eigenvalue weighted by Gasteiger charge is -2.05. The minimum absolute atomic E-state index is 0.228. The molecule has 1 aromatic carbocycles. The van der Waals surface area contributed by atoms with E-state index in [1.54, 1.807) is 19.1 Å². The second kappa shape index (κ2) is 5.15. The normalized spacial score (nSPS) is 11.1. The second-order valence-corrected chi connectivity index (χ2v) is 6.70. The molecule has 1 heterocycles. The summed E-state index contributed by atoms with van der Waals surface area (Å²) in [6.07, 6.45) is 1.15. The van der Waals surface area contributed by atoms with Gasteiger partial charge in [-0.3, -0.25) is 0 Å². The van der Waals surface area contributed by atoms with Crippen molar-refractivity contribution in [3.8, 4) is 17.5 Å². The topological polar surface area (TPSA) is 86.6 Å². The van der Waals surface area contributed by atoms with Gasteiger partial charge >= 0.3 is 0 Å². The molecule has 5 nitrogen and oxygen atoms in total. The lowest BCUT2D eigenvalue weighted by molar-refractivity contribution is 0.602. The van der Waals surface area contributed by atoms with Crippen molar-refractivity contribution < 1.29 is 8.42 Å². The maximum atomic E-state index is 11.4. The molecule has 1 N–H and O–H groups in total. The van der Waals surface area contributed by atoms with E-state index in [1.165, 1.54) is 12.1 Å². The van der Waals surface area contributed by atoms with Crippen LogP contribution in [0.1, 0.15) is 11.3 Å². The molecule has 0 bridgehead atoms. The number of aryl methyl sites for hydroxylation is 1. The number of aromatic amines is 1. The van der Waals surface area contributed by atoms with Gasteiger partial charge in [0.25, 0.3) is 0 Å². The largest absolute Gasteiger partial charge is 0.342 e. The van der Waals surface area contributed by atoms with Crippen LogP contribution in [0.3, 0.4) is 0 Å². The van der Waals surface area contributed by atoms with Crippen molar-refractivity contribution in [1.29, 1.82) is 5.26 Å². The van der Waals surface area contributed by atoms with Crippen molar-refractivity contribution in [1.82, 2.24) is 9.97 Å². The smallest absolute Gasteiger partial charge is 0.175 e. The third-order valence-electron chi connectivity index (χ3n) is 2.78. The van der Waals surface area contributed by atoms with Gasteiger partial charge in [-0.15, -0.1) is 0 Å². The number of nitrogens with one attached hydrogen (secondary N) is 1. The fourth-order valence-corrected chi connectivity index (χ4v) is 2.63. The van der Waals surface area contributed by atoms with Crippen LogP contribution in [-0.4, -0.2) is 24.6 Å². The summed E-state index contributed by atoms with van der Waals surface area (Å²) in [6, 6.07) is 8.31. The maximum Gasteiger partial charge on any atom is 0.175 e. The SMILES string of the molecule is Cc1[nH]c(-c2ccc(S(C)(=O)=O)cc2)nc(=S)c1C#N. The molecule has 0 unspecified atom stereocenters. The van der Waals surface area contributed by atoms with E-state index >= 15 is 0 Å². The summed E-state index contributed by atoms with van der Waals surface area (Å²) in [4.78, 5) is 7.39. The van der Waals surface area contributed by atoms with Gasteiger partial charge in [0.05, 0.1) is 4.90 Å². The molecule has 0 saturated heterocycles. The summed E-state index contributed by atoms with van der Waals surface area (Å²) in [6.45, 7) is 1.74. The first-order chi connectivity index (χ1) is 9.32. The van der Waals surface area contributed by atoms with Crippen LogP contribution in [0.2, 0.25) is 0 Å². The van der Waals surface area contributed by atoms with Crippen LogP contribution in [-0.2, 0) is 9.84 Å². The highest BCUT2D eigenvalue weighted by Gasteiger charge is 2.09. The molecule has 0 spiro atoms. The Morgan fingerprint density at radius 3 is 2.35 bits per heavy atom. The van der Waals surface area contributed by atoms with Crippen LogP contribution < -0.4 is 0 Å². The third kappa shape index (κ3) is 2.76. The standard InChI is InChI=1S/C13H11N3O2S2/c1-8-11(7-14)13(19)16-12(15-8)9-3-5-10(6-4-9)20(2,17)18/h3-6H,1-2H3,(H,15,16,19). The number of sulfone groups is 1. The molecular weight excluding hydrogens is 294 g/mol. The fraction of sp³-hybridized carbons (Fsp3) is 0.154. The molecule has 0 aliphatic carbocycles. The molecule has 0 atom stereocenters. The average molecular weight is 305 g/mol. The van der Waals surface area contributed by atoms with E-state index in [0.717, 1.165) is 6.26 Å². The Bertz CT molecular complexity index is 860. The summed E-state index contributed by atoms with van der Waals surface area (Å²) >= 11 is 5.06. The summed E-state index contributed by atoms with van der Waals surface area (Å²) in [5.74, 6) is 0.506. The first-order valence-corrected chi connectivity index (χ1v) is 7.94. The Morgan fingerprint density at radius 2 is 1.90 bits per heavy atom. The highest BCUT2D eigenvalue weighted by molar-refractivity contribution is 7.90. The summed E-state index contributed by atoms with van der Waals surface area (Å²) in [5, 5.41) is 8.94. The molecule has 0 radical (unpaired) electrons. The van der Waals surface area contributed by atoms with Crippen molar-refractivity contribution in [2.45, 2.75) is 11.8 Å². The van der Waals surface area contributed by atoms with Crippen LogP contribution in [0.15, 0.2) is 29.2 Å². The van der Waals surface area contributed by atoms with Gasteiger partial charge in [0.1, 0.15) is 22.1 Å². The Morgan fingerprint density at radius 1 is 1.30 bits per heavy atom. The van der Waals surface area contributed by atoms with Gasteiger partial charge in [0.15, 0.2) is 9.84 Å². The highest BCUT2D eigenvalue weighted by atomic mass is 32.2. The second-order valence-electron chi connectivity index (χ2n) is 4.30. The predicted octanol–water partition coefficient (Wildman–Crippen LogP) is 2.39. The number of aromatic nitrogens is 2. The molecule has 1 aromatic heterocycles. The zero-order chi connectivity index (χ0) is 14.9. The number of H-pyrrole nitrogens is 1. The molecule has 20 heavy (non-hydrogen) atoms. The first kappa shape index (κ1) is 14.4. The Hall–Kier alpha value is -2.04. The number of hydrogen-bond donors (Lipinski definition) is 1. The number of rotatable bonds is 2. The molecule has 0 saturated carbocycles. The van der Waals surface area contributed by atoms with E-state index in [-0.39, 0.29) is 9.54 Å². The van der Waals surface area contributed by atoms with Gasteiger partial charge in [0.2, 0.25) is 0 Å². The third-order valence-corrected chi connectivity index (χ3v) is 4.20. The molecule has 0 fully saturated rings. The predicted molar refractivity (Wildman–Crippen MR) is 77.4 cm³/mol. The Balaban J connectivity index is 2.54. The maximum absolute atomic E-state index is 11.4. The van der Waals surface area contributed by atoms with Gasteiger partial charge in [-0.1, -0.05) is 12.2 Å². The van der Waals surface area contributed by atoms with Gasteiger partial charge in [-0.2, -0.15) is 5.26 Å². The molecule has 2 aromatic rings. The monoisotopic (exact) mass is 305 g/mol. The summed E-state index contributed by atoms with van der Waals surface area (Å²) in [7, 11) is -3.22. The number of nitrogens with zero attached hydrogens (tertiary/aromatic N) is 2. The lowest BCUT2D eigenvalue weighted by Crippen LogP contribution is -1.99. The Kier molecular flexibility index (Phi) is 3.70. The fourth-order valence-electron chi connectivity index (χ4n) is 1.71. The van der Waals surface area contributed by atoms with Gasteiger partial charge < -0.3 is 4.98 Å². The van der Waals surface area contributed by atoms with E-state index in [0.29, 0.717) is 22.6 Å². The minimum Gasteiger partial charge on any atom is -0.342 e. The minimum atomic E-state index is -3.22. The zero-order valence-electron chi connectivity index (χ0n) is 10.8. The van der Waals surface area contributed by atoms with Crippen molar-refractivity contribution in [3.05, 3.63) is 40.2 Å². The van der Waals surface area contributed by atoms with Gasteiger partial charge in [0, 0.05) is 17.5 Å². The summed E-state index contributed by atoms with van der Waals surface area (Å²) < 4.78 is 23.0. The summed E-state index contributed by atoms with van der Waals surface area (Å²) in [5.41, 5.74) is 1.68. The Labute approximate surface area is 121 Å². The van der Waals surface area contributed by atoms with Crippen LogP contribution in [0, 0.1) is 22.9 Å². The molecule has 0 amide bonds. The van der Waals surface area contributed by atoms with Gasteiger partial charge in [-0.05, 0) is 31.2 Å². The number of hydrogen-bond acceptors (Lipinski definition) is 5. The molecule has 7 heteroatoms. The first-order valence-electron chi connectivity index (χ1n) is 5.64. The molecule has 2 rings (SSSR count). The van der Waals surface area contributed by atoms with Crippen LogP contribution >= 0.6 is 12.2 Å². The molecule has 102 valence electrons. The van der Waals surface area contributed by atoms with Crippen molar-refractivity contribution in [2.75, 3.05) is 6.26 Å². The van der Waals surface area contributed by atoms with Crippen LogP contribution in [0.5, 0.6) is 0 Å². The van der Waals surface area contributed by atoms with E-state index in [2.05, 4.69) is 9.97 Å². The van der Waals surface area contributed by atoms with E-state index in [1.807, 2.05) is 6.07 Å². The molecule has 0 aliphatic heterocycles. The quantitative estimate of drug-likeness (QED) is 0.861. The van der Waals surface area contributed by atoms with Crippen molar-refractivity contribution in [3.63, 3.8) is 0 Å². The molecule has 0 aliphatic rings. The average Bonchev–Trinajstić information content (AvgIpc) is 2.37. The molecular formula is C13H11N3O2S2. The van der Waals surface area contributed by atoms with Crippen molar-refractivity contribution in [2.24, 2.45) is 0 Å². The lowest BCUT2D eigenvalue weighted by atomic mass is 10.2. The van der Waals surface area contributed by atoms with Gasteiger partial charge in [-0.25, -0.2) is 13.4 Å².